The number of carbonyl (C=O) groups is 1. The van der Waals surface area contributed by atoms with E-state index < -0.39 is 0 Å². The average molecular weight is 226 g/mol. The number of piperidine rings is 1. The first-order valence-electron chi connectivity index (χ1n) is 6.78. The summed E-state index contributed by atoms with van der Waals surface area (Å²) >= 11 is 0. The molecule has 1 amide bonds. The maximum atomic E-state index is 11.3. The molecule has 1 fully saturated rings. The van der Waals surface area contributed by atoms with Crippen LogP contribution in [-0.2, 0) is 4.79 Å². The molecule has 1 aliphatic rings. The summed E-state index contributed by atoms with van der Waals surface area (Å²) in [5.41, 5.74) is 5.43. The van der Waals surface area contributed by atoms with E-state index in [1.54, 1.807) is 0 Å². The van der Waals surface area contributed by atoms with Crippen molar-refractivity contribution in [2.45, 2.75) is 64.3 Å². The average Bonchev–Trinajstić information content (AvgIpc) is 2.29. The molecule has 3 N–H and O–H groups in total. The molecule has 0 aliphatic carbocycles. The SMILES string of the molecule is CCCCCCCC1NCCCC1C(N)=O. The lowest BCUT2D eigenvalue weighted by molar-refractivity contribution is -0.123. The molecule has 94 valence electrons. The second-order valence-electron chi connectivity index (χ2n) is 4.91. The van der Waals surface area contributed by atoms with Crippen LogP contribution in [0.2, 0.25) is 0 Å². The number of hydrogen-bond acceptors (Lipinski definition) is 2. The number of carbonyl (C=O) groups excluding carboxylic acids is 1. The normalized spacial score (nSPS) is 25.6. The summed E-state index contributed by atoms with van der Waals surface area (Å²) in [6.45, 7) is 3.27. The molecule has 1 rings (SSSR count). The van der Waals surface area contributed by atoms with Crippen molar-refractivity contribution < 1.29 is 4.79 Å². The highest BCUT2D eigenvalue weighted by atomic mass is 16.1. The molecule has 3 nitrogen and oxygen atoms in total. The van der Waals surface area contributed by atoms with Crippen molar-refractivity contribution in [3.8, 4) is 0 Å². The van der Waals surface area contributed by atoms with Gasteiger partial charge in [0.2, 0.25) is 5.91 Å². The lowest BCUT2D eigenvalue weighted by atomic mass is 9.87. The molecular weight excluding hydrogens is 200 g/mol. The summed E-state index contributed by atoms with van der Waals surface area (Å²) in [7, 11) is 0. The lowest BCUT2D eigenvalue weighted by Crippen LogP contribution is -2.46. The zero-order valence-electron chi connectivity index (χ0n) is 10.5. The maximum absolute atomic E-state index is 11.3. The summed E-state index contributed by atoms with van der Waals surface area (Å²) in [4.78, 5) is 11.3. The predicted molar refractivity (Wildman–Crippen MR) is 67.1 cm³/mol. The first kappa shape index (κ1) is 13.5. The van der Waals surface area contributed by atoms with Gasteiger partial charge in [0.05, 0.1) is 5.92 Å². The van der Waals surface area contributed by atoms with E-state index in [0.717, 1.165) is 25.8 Å². The monoisotopic (exact) mass is 226 g/mol. The number of amides is 1. The molecule has 0 aromatic carbocycles. The van der Waals surface area contributed by atoms with Crippen LogP contribution in [0.4, 0.5) is 0 Å². The van der Waals surface area contributed by atoms with Gasteiger partial charge in [0.15, 0.2) is 0 Å². The summed E-state index contributed by atoms with van der Waals surface area (Å²) in [6.07, 6.45) is 9.62. The topological polar surface area (TPSA) is 55.1 Å². The summed E-state index contributed by atoms with van der Waals surface area (Å²) in [5.74, 6) is -0.0503. The highest BCUT2D eigenvalue weighted by molar-refractivity contribution is 5.77. The summed E-state index contributed by atoms with van der Waals surface area (Å²) in [6, 6.07) is 0.341. The smallest absolute Gasteiger partial charge is 0.222 e. The van der Waals surface area contributed by atoms with Crippen molar-refractivity contribution in [3.63, 3.8) is 0 Å². The van der Waals surface area contributed by atoms with Crippen LogP contribution in [0, 0.1) is 5.92 Å². The molecule has 0 radical (unpaired) electrons. The first-order chi connectivity index (χ1) is 7.75. The standard InChI is InChI=1S/C13H26N2O/c1-2-3-4-5-6-9-12-11(13(14)16)8-7-10-15-12/h11-12,15H,2-10H2,1H3,(H2,14,16). The molecule has 0 bridgehead atoms. The predicted octanol–water partition coefficient (Wildman–Crippen LogP) is 2.20. The van der Waals surface area contributed by atoms with Gasteiger partial charge in [-0.05, 0) is 25.8 Å². The van der Waals surface area contributed by atoms with E-state index in [4.69, 9.17) is 5.73 Å². The Bertz CT molecular complexity index is 206. The first-order valence-corrected chi connectivity index (χ1v) is 6.78. The molecular formula is C13H26N2O. The minimum Gasteiger partial charge on any atom is -0.369 e. The number of primary amides is 1. The molecule has 0 saturated carbocycles. The van der Waals surface area contributed by atoms with Gasteiger partial charge in [0.25, 0.3) is 0 Å². The van der Waals surface area contributed by atoms with Crippen LogP contribution in [0.5, 0.6) is 0 Å². The quantitative estimate of drug-likeness (QED) is 0.654. The van der Waals surface area contributed by atoms with Gasteiger partial charge in [-0.25, -0.2) is 0 Å². The molecule has 0 aromatic rings. The Labute approximate surface area is 99.2 Å². The van der Waals surface area contributed by atoms with Gasteiger partial charge < -0.3 is 11.1 Å². The maximum Gasteiger partial charge on any atom is 0.222 e. The third kappa shape index (κ3) is 4.52. The van der Waals surface area contributed by atoms with E-state index in [9.17, 15) is 4.79 Å². The molecule has 2 unspecified atom stereocenters. The number of unbranched alkanes of at least 4 members (excludes halogenated alkanes) is 4. The van der Waals surface area contributed by atoms with Crippen LogP contribution in [-0.4, -0.2) is 18.5 Å². The van der Waals surface area contributed by atoms with Crippen LogP contribution in [0.1, 0.15) is 58.3 Å². The number of rotatable bonds is 7. The minimum atomic E-state index is -0.120. The zero-order valence-corrected chi connectivity index (χ0v) is 10.5. The van der Waals surface area contributed by atoms with Crippen LogP contribution >= 0.6 is 0 Å². The molecule has 1 saturated heterocycles. The zero-order chi connectivity index (χ0) is 11.8. The van der Waals surface area contributed by atoms with Crippen molar-refractivity contribution in [3.05, 3.63) is 0 Å². The Morgan fingerprint density at radius 2 is 2.06 bits per heavy atom. The Morgan fingerprint density at radius 3 is 2.75 bits per heavy atom. The molecule has 0 aromatic heterocycles. The molecule has 1 aliphatic heterocycles. The fraction of sp³-hybridized carbons (Fsp3) is 0.923. The highest BCUT2D eigenvalue weighted by Crippen LogP contribution is 2.20. The number of hydrogen-bond donors (Lipinski definition) is 2. The van der Waals surface area contributed by atoms with E-state index in [1.807, 2.05) is 0 Å². The fourth-order valence-corrected chi connectivity index (χ4v) is 2.56. The van der Waals surface area contributed by atoms with Crippen molar-refractivity contribution in [2.24, 2.45) is 11.7 Å². The van der Waals surface area contributed by atoms with Crippen molar-refractivity contribution in [1.82, 2.24) is 5.32 Å². The minimum absolute atomic E-state index is 0.0694. The highest BCUT2D eigenvalue weighted by Gasteiger charge is 2.28. The second-order valence-corrected chi connectivity index (χ2v) is 4.91. The Hall–Kier alpha value is -0.570. The third-order valence-electron chi connectivity index (χ3n) is 3.57. The summed E-state index contributed by atoms with van der Waals surface area (Å²) < 4.78 is 0. The van der Waals surface area contributed by atoms with Gasteiger partial charge in [-0.1, -0.05) is 39.0 Å². The lowest BCUT2D eigenvalue weighted by Gasteiger charge is -2.30. The second kappa shape index (κ2) is 7.66. The molecule has 0 spiro atoms. The largest absolute Gasteiger partial charge is 0.369 e. The third-order valence-corrected chi connectivity index (χ3v) is 3.57. The molecule has 16 heavy (non-hydrogen) atoms. The summed E-state index contributed by atoms with van der Waals surface area (Å²) in [5, 5.41) is 3.44. The van der Waals surface area contributed by atoms with Gasteiger partial charge in [-0.2, -0.15) is 0 Å². The Morgan fingerprint density at radius 1 is 1.31 bits per heavy atom. The van der Waals surface area contributed by atoms with Crippen molar-refractivity contribution in [2.75, 3.05) is 6.54 Å². The van der Waals surface area contributed by atoms with Gasteiger partial charge in [0, 0.05) is 6.04 Å². The van der Waals surface area contributed by atoms with Crippen LogP contribution in [0.3, 0.4) is 0 Å². The van der Waals surface area contributed by atoms with Crippen molar-refractivity contribution >= 4 is 5.91 Å². The van der Waals surface area contributed by atoms with Gasteiger partial charge in [0.1, 0.15) is 0 Å². The molecule has 3 heteroatoms. The van der Waals surface area contributed by atoms with E-state index in [2.05, 4.69) is 12.2 Å². The number of nitrogens with one attached hydrogen (secondary N) is 1. The van der Waals surface area contributed by atoms with Gasteiger partial charge in [-0.3, -0.25) is 4.79 Å². The van der Waals surface area contributed by atoms with Gasteiger partial charge >= 0.3 is 0 Å². The Balaban J connectivity index is 2.19. The number of nitrogens with two attached hydrogens (primary N) is 1. The fourth-order valence-electron chi connectivity index (χ4n) is 2.56. The van der Waals surface area contributed by atoms with E-state index in [0.29, 0.717) is 6.04 Å². The molecule has 2 atom stereocenters. The van der Waals surface area contributed by atoms with Crippen LogP contribution < -0.4 is 11.1 Å². The van der Waals surface area contributed by atoms with Crippen molar-refractivity contribution in [1.29, 1.82) is 0 Å². The Kier molecular flexibility index (Phi) is 6.46. The van der Waals surface area contributed by atoms with Crippen LogP contribution in [0.15, 0.2) is 0 Å². The van der Waals surface area contributed by atoms with E-state index in [1.165, 1.54) is 32.1 Å². The molecule has 1 heterocycles. The van der Waals surface area contributed by atoms with E-state index in [-0.39, 0.29) is 11.8 Å². The van der Waals surface area contributed by atoms with Crippen LogP contribution in [0.25, 0.3) is 0 Å². The van der Waals surface area contributed by atoms with Gasteiger partial charge in [-0.15, -0.1) is 0 Å². The van der Waals surface area contributed by atoms with E-state index >= 15 is 0 Å².